The Hall–Kier alpha value is -4.08. The smallest absolute Gasteiger partial charge is 0.254 e. The largest absolute Gasteiger partial charge is 0.475 e. The van der Waals surface area contributed by atoms with Crippen molar-refractivity contribution in [2.45, 2.75) is 0 Å². The van der Waals surface area contributed by atoms with Gasteiger partial charge in [0, 0.05) is 36.3 Å². The second-order valence-electron chi connectivity index (χ2n) is 6.68. The quantitative estimate of drug-likeness (QED) is 0.243. The average Bonchev–Trinajstić information content (AvgIpc) is 3.18. The Morgan fingerprint density at radius 2 is 1.97 bits per heavy atom. The molecule has 1 aromatic carbocycles. The molecule has 12 heteroatoms. The molecular weight excluding hydrogens is 448 g/mol. The number of methoxy groups -OCH3 is 1. The summed E-state index contributed by atoms with van der Waals surface area (Å²) in [6.45, 7) is 0.749. The number of pyridine rings is 1. The lowest BCUT2D eigenvalue weighted by Gasteiger charge is -2.09. The van der Waals surface area contributed by atoms with E-state index in [4.69, 9.17) is 21.6 Å². The van der Waals surface area contributed by atoms with Gasteiger partial charge >= 0.3 is 0 Å². The average molecular weight is 471 g/mol. The number of nitrogens with one attached hydrogen (secondary N) is 3. The summed E-state index contributed by atoms with van der Waals surface area (Å²) in [7, 11) is -2.07. The Morgan fingerprint density at radius 1 is 1.21 bits per heavy atom. The summed E-state index contributed by atoms with van der Waals surface area (Å²) >= 11 is 0. The number of aromatic nitrogens is 3. The van der Waals surface area contributed by atoms with E-state index in [-0.39, 0.29) is 11.4 Å². The molecule has 5 N–H and O–H groups in total. The molecule has 0 aliphatic heterocycles. The van der Waals surface area contributed by atoms with Gasteiger partial charge in [-0.2, -0.15) is 5.10 Å². The van der Waals surface area contributed by atoms with Gasteiger partial charge in [-0.05, 0) is 18.2 Å². The molecule has 33 heavy (non-hydrogen) atoms. The SMILES string of the molecule is C#CCS(=O)(=O)Nc1ccc(-c2[nH]nc(Nc3ccnc(OCCOC)c3)c2C(N)=O)cc1. The van der Waals surface area contributed by atoms with Gasteiger partial charge in [0.15, 0.2) is 5.82 Å². The van der Waals surface area contributed by atoms with Crippen LogP contribution < -0.4 is 20.5 Å². The summed E-state index contributed by atoms with van der Waals surface area (Å²) in [5.74, 6) is 1.53. The van der Waals surface area contributed by atoms with Gasteiger partial charge in [-0.3, -0.25) is 14.6 Å². The van der Waals surface area contributed by atoms with Crippen LogP contribution in [0, 0.1) is 12.3 Å². The minimum absolute atomic E-state index is 0.134. The van der Waals surface area contributed by atoms with Gasteiger partial charge in [-0.25, -0.2) is 13.4 Å². The third kappa shape index (κ3) is 6.22. The first kappa shape index (κ1) is 23.6. The fraction of sp³-hybridized carbons (Fsp3) is 0.190. The minimum atomic E-state index is -3.64. The number of benzene rings is 1. The zero-order valence-corrected chi connectivity index (χ0v) is 18.5. The first-order valence-electron chi connectivity index (χ1n) is 9.60. The summed E-state index contributed by atoms with van der Waals surface area (Å²) in [5, 5.41) is 9.99. The molecule has 3 aromatic rings. The van der Waals surface area contributed by atoms with Gasteiger partial charge in [0.1, 0.15) is 17.9 Å². The van der Waals surface area contributed by atoms with Crippen LogP contribution in [0.4, 0.5) is 17.2 Å². The first-order valence-corrected chi connectivity index (χ1v) is 11.3. The highest BCUT2D eigenvalue weighted by atomic mass is 32.2. The molecule has 0 aliphatic carbocycles. The van der Waals surface area contributed by atoms with E-state index in [0.717, 1.165) is 0 Å². The maximum Gasteiger partial charge on any atom is 0.254 e. The number of primary amides is 1. The molecule has 0 atom stereocenters. The van der Waals surface area contributed by atoms with Gasteiger partial charge in [-0.1, -0.05) is 18.1 Å². The maximum atomic E-state index is 12.2. The number of nitrogens with zero attached hydrogens (tertiary/aromatic N) is 2. The first-order chi connectivity index (χ1) is 15.8. The Morgan fingerprint density at radius 3 is 2.64 bits per heavy atom. The predicted molar refractivity (Wildman–Crippen MR) is 124 cm³/mol. The molecule has 0 spiro atoms. The maximum absolute atomic E-state index is 12.2. The van der Waals surface area contributed by atoms with Crippen LogP contribution in [0.1, 0.15) is 10.4 Å². The standard InChI is InChI=1S/C21H22N6O5S/c1-3-12-33(29,30)27-15-6-4-14(5-7-15)19-18(20(22)28)21(26-25-19)24-16-8-9-23-17(13-16)32-11-10-31-2/h1,4-9,13,27H,10-12H2,2H3,(H2,22,28)(H2,23,24,25,26). The molecular formula is C21H22N6O5S. The number of nitrogens with two attached hydrogens (primary N) is 1. The molecule has 1 amide bonds. The van der Waals surface area contributed by atoms with Crippen LogP contribution in [-0.2, 0) is 14.8 Å². The van der Waals surface area contributed by atoms with E-state index in [9.17, 15) is 13.2 Å². The van der Waals surface area contributed by atoms with Crippen LogP contribution in [-0.4, -0.2) is 55.6 Å². The number of terminal acetylenes is 1. The normalized spacial score (nSPS) is 10.9. The predicted octanol–water partition coefficient (Wildman–Crippen LogP) is 1.71. The lowest BCUT2D eigenvalue weighted by molar-refractivity contribution is 0.100. The summed E-state index contributed by atoms with van der Waals surface area (Å²) in [6.07, 6.45) is 6.60. The number of amides is 1. The van der Waals surface area contributed by atoms with Crippen molar-refractivity contribution >= 4 is 33.1 Å². The highest BCUT2D eigenvalue weighted by Gasteiger charge is 2.20. The lowest BCUT2D eigenvalue weighted by atomic mass is 10.1. The van der Waals surface area contributed by atoms with Gasteiger partial charge in [0.05, 0.1) is 12.3 Å². The minimum Gasteiger partial charge on any atom is -0.475 e. The number of carbonyl (C=O) groups is 1. The van der Waals surface area contributed by atoms with E-state index < -0.39 is 21.7 Å². The molecule has 0 aliphatic rings. The van der Waals surface area contributed by atoms with Crippen LogP contribution in [0.3, 0.4) is 0 Å². The van der Waals surface area contributed by atoms with E-state index in [2.05, 4.69) is 31.1 Å². The number of H-pyrrole nitrogens is 1. The molecule has 2 heterocycles. The number of ether oxygens (including phenoxy) is 2. The van der Waals surface area contributed by atoms with Crippen molar-refractivity contribution in [1.82, 2.24) is 15.2 Å². The molecule has 172 valence electrons. The highest BCUT2D eigenvalue weighted by Crippen LogP contribution is 2.30. The second-order valence-corrected chi connectivity index (χ2v) is 8.40. The number of anilines is 3. The zero-order chi connectivity index (χ0) is 23.8. The van der Waals surface area contributed by atoms with Crippen molar-refractivity contribution in [1.29, 1.82) is 0 Å². The molecule has 0 bridgehead atoms. The summed E-state index contributed by atoms with van der Waals surface area (Å²) in [5.41, 5.74) is 7.59. The van der Waals surface area contributed by atoms with Gasteiger partial charge in [0.25, 0.3) is 5.91 Å². The van der Waals surface area contributed by atoms with Crippen LogP contribution in [0.15, 0.2) is 42.6 Å². The number of sulfonamides is 1. The van der Waals surface area contributed by atoms with E-state index in [1.165, 1.54) is 12.1 Å². The molecule has 11 nitrogen and oxygen atoms in total. The number of carbonyl (C=O) groups excluding carboxylic acids is 1. The van der Waals surface area contributed by atoms with Gasteiger partial charge in [0.2, 0.25) is 15.9 Å². The van der Waals surface area contributed by atoms with Crippen LogP contribution in [0.2, 0.25) is 0 Å². The van der Waals surface area contributed by atoms with E-state index >= 15 is 0 Å². The van der Waals surface area contributed by atoms with Gasteiger partial charge < -0.3 is 20.5 Å². The number of aromatic amines is 1. The van der Waals surface area contributed by atoms with Crippen molar-refractivity contribution in [3.05, 3.63) is 48.2 Å². The van der Waals surface area contributed by atoms with E-state index in [1.54, 1.807) is 37.6 Å². The summed E-state index contributed by atoms with van der Waals surface area (Å²) in [4.78, 5) is 16.3. The fourth-order valence-corrected chi connectivity index (χ4v) is 3.63. The van der Waals surface area contributed by atoms with Crippen LogP contribution in [0.5, 0.6) is 5.88 Å². The summed E-state index contributed by atoms with van der Waals surface area (Å²) in [6, 6.07) is 9.63. The Labute approximate surface area is 190 Å². The number of hydrogen-bond acceptors (Lipinski definition) is 8. The Kier molecular flexibility index (Phi) is 7.50. The third-order valence-electron chi connectivity index (χ3n) is 4.27. The molecule has 0 radical (unpaired) electrons. The van der Waals surface area contributed by atoms with E-state index in [0.29, 0.717) is 41.7 Å². The lowest BCUT2D eigenvalue weighted by Crippen LogP contribution is -2.15. The van der Waals surface area contributed by atoms with Crippen molar-refractivity contribution < 1.29 is 22.7 Å². The molecule has 0 fully saturated rings. The monoisotopic (exact) mass is 470 g/mol. The molecule has 2 aromatic heterocycles. The Bertz CT molecular complexity index is 1270. The zero-order valence-electron chi connectivity index (χ0n) is 17.7. The van der Waals surface area contributed by atoms with Crippen LogP contribution >= 0.6 is 0 Å². The van der Waals surface area contributed by atoms with Crippen molar-refractivity contribution in [3.63, 3.8) is 0 Å². The van der Waals surface area contributed by atoms with Crippen LogP contribution in [0.25, 0.3) is 11.3 Å². The molecule has 3 rings (SSSR count). The molecule has 0 saturated heterocycles. The number of hydrogen-bond donors (Lipinski definition) is 4. The third-order valence-corrected chi connectivity index (χ3v) is 5.36. The van der Waals surface area contributed by atoms with Crippen molar-refractivity contribution in [3.8, 4) is 29.5 Å². The second kappa shape index (κ2) is 10.5. The Balaban J connectivity index is 1.82. The highest BCUT2D eigenvalue weighted by molar-refractivity contribution is 7.92. The fourth-order valence-electron chi connectivity index (χ4n) is 2.84. The van der Waals surface area contributed by atoms with E-state index in [1.807, 2.05) is 0 Å². The van der Waals surface area contributed by atoms with Gasteiger partial charge in [-0.15, -0.1) is 6.42 Å². The topological polar surface area (TPSA) is 161 Å². The molecule has 0 unspecified atom stereocenters. The van der Waals surface area contributed by atoms with Crippen molar-refractivity contribution in [2.24, 2.45) is 5.73 Å². The molecule has 0 saturated carbocycles. The summed E-state index contributed by atoms with van der Waals surface area (Å²) < 4.78 is 36.4. The number of rotatable bonds is 11. The van der Waals surface area contributed by atoms with Crippen molar-refractivity contribution in [2.75, 3.05) is 36.1 Å².